The quantitative estimate of drug-likeness (QED) is 0.755. The van der Waals surface area contributed by atoms with Crippen molar-refractivity contribution < 1.29 is 4.52 Å². The fourth-order valence-corrected chi connectivity index (χ4v) is 4.78. The third-order valence-corrected chi connectivity index (χ3v) is 6.20. The Hall–Kier alpha value is -2.73. The van der Waals surface area contributed by atoms with Gasteiger partial charge in [-0.2, -0.15) is 0 Å². The predicted molar refractivity (Wildman–Crippen MR) is 108 cm³/mol. The van der Waals surface area contributed by atoms with Gasteiger partial charge in [-0.1, -0.05) is 35.0 Å². The summed E-state index contributed by atoms with van der Waals surface area (Å²) in [5, 5.41) is 4.28. The molecule has 0 amide bonds. The zero-order chi connectivity index (χ0) is 19.1. The second kappa shape index (κ2) is 6.71. The highest BCUT2D eigenvalue weighted by Crippen LogP contribution is 2.44. The van der Waals surface area contributed by atoms with Gasteiger partial charge >= 0.3 is 0 Å². The maximum Gasteiger partial charge on any atom is 0.220 e. The molecule has 2 N–H and O–H groups in total. The molecule has 1 aliphatic carbocycles. The predicted octanol–water partition coefficient (Wildman–Crippen LogP) is 3.50. The van der Waals surface area contributed by atoms with Crippen molar-refractivity contribution in [2.45, 2.75) is 44.6 Å². The minimum Gasteiger partial charge on any atom is -0.368 e. The average molecular weight is 375 g/mol. The molecular formula is C22H25N5O. The van der Waals surface area contributed by atoms with Gasteiger partial charge in [0.1, 0.15) is 5.69 Å². The van der Waals surface area contributed by atoms with Crippen LogP contribution in [0.5, 0.6) is 0 Å². The monoisotopic (exact) mass is 375 g/mol. The molecule has 1 aromatic carbocycles. The number of anilines is 1. The summed E-state index contributed by atoms with van der Waals surface area (Å²) >= 11 is 0. The van der Waals surface area contributed by atoms with Crippen molar-refractivity contribution in [3.63, 3.8) is 0 Å². The number of nitrogen functional groups attached to an aromatic ring is 1. The molecule has 3 aromatic rings. The molecule has 144 valence electrons. The van der Waals surface area contributed by atoms with E-state index in [1.54, 1.807) is 0 Å². The zero-order valence-corrected chi connectivity index (χ0v) is 16.2. The van der Waals surface area contributed by atoms with E-state index in [9.17, 15) is 0 Å². The van der Waals surface area contributed by atoms with Gasteiger partial charge in [0, 0.05) is 29.8 Å². The molecule has 2 aromatic heterocycles. The molecule has 0 saturated carbocycles. The van der Waals surface area contributed by atoms with Gasteiger partial charge in [0.05, 0.1) is 12.2 Å². The molecule has 28 heavy (non-hydrogen) atoms. The van der Waals surface area contributed by atoms with Crippen molar-refractivity contribution in [1.29, 1.82) is 0 Å². The van der Waals surface area contributed by atoms with Crippen LogP contribution in [0.3, 0.4) is 0 Å². The molecule has 6 nitrogen and oxygen atoms in total. The maximum atomic E-state index is 5.89. The van der Waals surface area contributed by atoms with Crippen molar-refractivity contribution in [2.24, 2.45) is 0 Å². The van der Waals surface area contributed by atoms with E-state index in [0.717, 1.165) is 62.3 Å². The molecule has 5 rings (SSSR count). The summed E-state index contributed by atoms with van der Waals surface area (Å²) in [6.07, 6.45) is 6.40. The summed E-state index contributed by atoms with van der Waals surface area (Å²) in [5.41, 5.74) is 11.6. The molecule has 1 atom stereocenters. The molecule has 3 heterocycles. The number of benzene rings is 1. The van der Waals surface area contributed by atoms with Crippen LogP contribution in [-0.4, -0.2) is 33.1 Å². The van der Waals surface area contributed by atoms with Gasteiger partial charge in [0.15, 0.2) is 5.76 Å². The van der Waals surface area contributed by atoms with E-state index in [4.69, 9.17) is 10.3 Å². The molecule has 0 bridgehead atoms. The summed E-state index contributed by atoms with van der Waals surface area (Å²) in [6, 6.07) is 10.4. The number of nitrogens with two attached hydrogens (primary N) is 1. The van der Waals surface area contributed by atoms with E-state index in [1.807, 2.05) is 6.20 Å². The number of rotatable bonds is 3. The van der Waals surface area contributed by atoms with Crippen LogP contribution in [0.15, 0.2) is 41.1 Å². The van der Waals surface area contributed by atoms with Gasteiger partial charge in [-0.15, -0.1) is 0 Å². The Morgan fingerprint density at radius 2 is 2.07 bits per heavy atom. The Morgan fingerprint density at radius 1 is 1.21 bits per heavy atom. The summed E-state index contributed by atoms with van der Waals surface area (Å²) in [7, 11) is 0. The second-order valence-corrected chi connectivity index (χ2v) is 8.24. The number of piperidine rings is 1. The lowest BCUT2D eigenvalue weighted by atomic mass is 9.77. The van der Waals surface area contributed by atoms with Crippen LogP contribution in [0.1, 0.15) is 41.8 Å². The van der Waals surface area contributed by atoms with Crippen LogP contribution in [0, 0.1) is 6.92 Å². The van der Waals surface area contributed by atoms with Gasteiger partial charge in [0.25, 0.3) is 0 Å². The van der Waals surface area contributed by atoms with Crippen molar-refractivity contribution in [3.8, 4) is 11.3 Å². The molecular weight excluding hydrogens is 350 g/mol. The third kappa shape index (κ3) is 3.07. The number of fused-ring (bicyclic) bond motifs is 2. The lowest BCUT2D eigenvalue weighted by molar-refractivity contribution is 0.125. The minimum atomic E-state index is 0.102. The number of nitrogens with zero attached hydrogens (tertiary/aromatic N) is 4. The van der Waals surface area contributed by atoms with E-state index in [2.05, 4.69) is 57.3 Å². The number of hydrogen-bond donors (Lipinski definition) is 1. The summed E-state index contributed by atoms with van der Waals surface area (Å²) in [4.78, 5) is 11.3. The zero-order valence-electron chi connectivity index (χ0n) is 16.2. The van der Waals surface area contributed by atoms with Crippen LogP contribution < -0.4 is 5.73 Å². The Labute approximate surface area is 164 Å². The van der Waals surface area contributed by atoms with E-state index < -0.39 is 0 Å². The largest absolute Gasteiger partial charge is 0.368 e. The summed E-state index contributed by atoms with van der Waals surface area (Å²) in [5.74, 6) is 1.29. The smallest absolute Gasteiger partial charge is 0.220 e. The molecule has 1 spiro atoms. The van der Waals surface area contributed by atoms with E-state index in [0.29, 0.717) is 5.95 Å². The molecule has 6 heteroatoms. The van der Waals surface area contributed by atoms with Crippen molar-refractivity contribution in [3.05, 3.63) is 59.1 Å². The normalized spacial score (nSPS) is 21.9. The lowest BCUT2D eigenvalue weighted by Gasteiger charge is -2.40. The number of likely N-dealkylation sites (tertiary alicyclic amines) is 1. The molecule has 0 radical (unpaired) electrons. The van der Waals surface area contributed by atoms with E-state index in [-0.39, 0.29) is 5.41 Å². The Balaban J connectivity index is 1.34. The van der Waals surface area contributed by atoms with Crippen LogP contribution >= 0.6 is 0 Å². The molecule has 2 aliphatic rings. The highest BCUT2D eigenvalue weighted by atomic mass is 16.5. The lowest BCUT2D eigenvalue weighted by Crippen LogP contribution is -2.45. The van der Waals surface area contributed by atoms with E-state index in [1.165, 1.54) is 16.8 Å². The number of aromatic nitrogens is 3. The topological polar surface area (TPSA) is 81.1 Å². The van der Waals surface area contributed by atoms with Crippen LogP contribution in [-0.2, 0) is 18.4 Å². The highest BCUT2D eigenvalue weighted by molar-refractivity contribution is 5.59. The number of hydrogen-bond acceptors (Lipinski definition) is 6. The molecule has 1 fully saturated rings. The molecule has 1 unspecified atom stereocenters. The second-order valence-electron chi connectivity index (χ2n) is 8.24. The van der Waals surface area contributed by atoms with Crippen molar-refractivity contribution in [1.82, 2.24) is 20.0 Å². The van der Waals surface area contributed by atoms with Gasteiger partial charge in [-0.25, -0.2) is 9.97 Å². The van der Waals surface area contributed by atoms with Gasteiger partial charge in [-0.05, 0) is 44.7 Å². The average Bonchev–Trinajstić information content (AvgIpc) is 3.28. The Morgan fingerprint density at radius 3 is 2.93 bits per heavy atom. The standard InChI is InChI=1S/C22H25N5O/c1-15-3-5-16(6-4-15)19-11-18(28-26-19)13-27-10-2-8-22(14-27)9-7-17-12-24-21(23)25-20(17)22/h3-6,11-12H,2,7-10,13-14H2,1H3,(H2,23,24,25). The van der Waals surface area contributed by atoms with Crippen LogP contribution in [0.4, 0.5) is 5.95 Å². The molecule has 1 saturated heterocycles. The van der Waals surface area contributed by atoms with Gasteiger partial charge in [0.2, 0.25) is 5.95 Å². The summed E-state index contributed by atoms with van der Waals surface area (Å²) in [6.45, 7) is 4.91. The highest BCUT2D eigenvalue weighted by Gasteiger charge is 2.43. The maximum absolute atomic E-state index is 5.89. The first-order chi connectivity index (χ1) is 13.6. The molecule has 1 aliphatic heterocycles. The fraction of sp³-hybridized carbons (Fsp3) is 0.409. The SMILES string of the molecule is Cc1ccc(-c2cc(CN3CCCC4(CCc5cnc(N)nc54)C3)on2)cc1. The van der Waals surface area contributed by atoms with Gasteiger partial charge in [-0.3, -0.25) is 4.90 Å². The first kappa shape index (κ1) is 17.4. The first-order valence-corrected chi connectivity index (χ1v) is 9.98. The Bertz CT molecular complexity index is 992. The van der Waals surface area contributed by atoms with Crippen molar-refractivity contribution in [2.75, 3.05) is 18.8 Å². The minimum absolute atomic E-state index is 0.102. The van der Waals surface area contributed by atoms with Crippen molar-refractivity contribution >= 4 is 5.95 Å². The van der Waals surface area contributed by atoms with Crippen LogP contribution in [0.25, 0.3) is 11.3 Å². The Kier molecular flexibility index (Phi) is 4.16. The first-order valence-electron chi connectivity index (χ1n) is 9.98. The fourth-order valence-electron chi connectivity index (χ4n) is 4.78. The van der Waals surface area contributed by atoms with Crippen LogP contribution in [0.2, 0.25) is 0 Å². The van der Waals surface area contributed by atoms with E-state index >= 15 is 0 Å². The third-order valence-electron chi connectivity index (χ3n) is 6.20. The van der Waals surface area contributed by atoms with Gasteiger partial charge < -0.3 is 10.3 Å². The number of aryl methyl sites for hydroxylation is 2. The summed E-state index contributed by atoms with van der Waals surface area (Å²) < 4.78 is 5.65.